The van der Waals surface area contributed by atoms with Crippen molar-refractivity contribution in [3.05, 3.63) is 72.7 Å². The lowest BCUT2D eigenvalue weighted by molar-refractivity contribution is -0.115. The Kier molecular flexibility index (Phi) is 5.61. The molecule has 0 radical (unpaired) electrons. The number of carbonyl (C=O) groups excluding carboxylic acids is 1. The van der Waals surface area contributed by atoms with Crippen molar-refractivity contribution in [2.75, 3.05) is 24.3 Å². The maximum atomic E-state index is 12.4. The van der Waals surface area contributed by atoms with Crippen LogP contribution >= 0.6 is 0 Å². The molecule has 4 rings (SSSR count). The summed E-state index contributed by atoms with van der Waals surface area (Å²) in [5.74, 6) is 1.52. The van der Waals surface area contributed by atoms with Crippen LogP contribution in [0.1, 0.15) is 12.0 Å². The Morgan fingerprint density at radius 1 is 1.17 bits per heavy atom. The minimum atomic E-state index is -0.0495. The van der Waals surface area contributed by atoms with Gasteiger partial charge in [0.1, 0.15) is 17.3 Å². The summed E-state index contributed by atoms with van der Waals surface area (Å²) in [6.45, 7) is 2.46. The predicted molar refractivity (Wildman–Crippen MR) is 118 cm³/mol. The van der Waals surface area contributed by atoms with E-state index in [1.165, 1.54) is 0 Å². The van der Waals surface area contributed by atoms with Crippen molar-refractivity contribution in [2.45, 2.75) is 13.3 Å². The Morgan fingerprint density at radius 2 is 2.03 bits per heavy atom. The minimum Gasteiger partial charge on any atom is -0.497 e. The highest BCUT2D eigenvalue weighted by Crippen LogP contribution is 2.30. The molecule has 0 aliphatic carbocycles. The maximum absolute atomic E-state index is 12.4. The second kappa shape index (κ2) is 8.65. The average molecular weight is 401 g/mol. The highest BCUT2D eigenvalue weighted by molar-refractivity contribution is 5.91. The van der Waals surface area contributed by atoms with Crippen molar-refractivity contribution in [2.24, 2.45) is 0 Å². The molecule has 0 aliphatic heterocycles. The van der Waals surface area contributed by atoms with Crippen LogP contribution in [0.25, 0.3) is 16.9 Å². The van der Waals surface area contributed by atoms with E-state index in [0.29, 0.717) is 13.0 Å². The number of hydrogen-bond donors (Lipinski definition) is 2. The molecule has 2 N–H and O–H groups in total. The lowest BCUT2D eigenvalue weighted by Crippen LogP contribution is -2.17. The van der Waals surface area contributed by atoms with Gasteiger partial charge in [-0.25, -0.2) is 4.98 Å². The number of ether oxygens (including phenoxy) is 1. The van der Waals surface area contributed by atoms with Crippen LogP contribution in [-0.2, 0) is 4.79 Å². The first-order valence-electron chi connectivity index (χ1n) is 9.71. The average Bonchev–Trinajstić information content (AvgIpc) is 3.12. The zero-order chi connectivity index (χ0) is 20.9. The van der Waals surface area contributed by atoms with E-state index in [1.807, 2.05) is 66.1 Å². The molecule has 2 heterocycles. The number of aromatic nitrogens is 3. The molecule has 7 heteroatoms. The summed E-state index contributed by atoms with van der Waals surface area (Å²) < 4.78 is 7.28. The third-order valence-corrected chi connectivity index (χ3v) is 4.72. The SMILES string of the molecule is COc1cccc(-c2nc3cnccn3c2NCCC(=O)Nc2cccc(C)c2)c1. The molecule has 2 aromatic carbocycles. The molecule has 1 amide bonds. The van der Waals surface area contributed by atoms with Crippen LogP contribution in [0.4, 0.5) is 11.5 Å². The summed E-state index contributed by atoms with van der Waals surface area (Å²) in [5, 5.41) is 6.30. The number of imidazole rings is 1. The van der Waals surface area contributed by atoms with Crippen molar-refractivity contribution < 1.29 is 9.53 Å². The minimum absolute atomic E-state index is 0.0495. The van der Waals surface area contributed by atoms with E-state index in [2.05, 4.69) is 15.6 Å². The second-order valence-electron chi connectivity index (χ2n) is 6.94. The molecule has 0 spiro atoms. The Balaban J connectivity index is 1.52. The lowest BCUT2D eigenvalue weighted by Gasteiger charge is -2.10. The summed E-state index contributed by atoms with van der Waals surface area (Å²) in [6, 6.07) is 15.5. The number of anilines is 2. The monoisotopic (exact) mass is 401 g/mol. The van der Waals surface area contributed by atoms with Crippen LogP contribution in [-0.4, -0.2) is 33.9 Å². The summed E-state index contributed by atoms with van der Waals surface area (Å²) in [5.41, 5.74) is 4.33. The molecule has 4 aromatic rings. The van der Waals surface area contributed by atoms with Gasteiger partial charge in [0, 0.05) is 36.6 Å². The van der Waals surface area contributed by atoms with Gasteiger partial charge in [-0.1, -0.05) is 24.3 Å². The highest BCUT2D eigenvalue weighted by atomic mass is 16.5. The fourth-order valence-electron chi connectivity index (χ4n) is 3.29. The first-order chi connectivity index (χ1) is 14.6. The number of rotatable bonds is 7. The molecule has 0 saturated carbocycles. The summed E-state index contributed by atoms with van der Waals surface area (Å²) in [7, 11) is 1.64. The summed E-state index contributed by atoms with van der Waals surface area (Å²) in [4.78, 5) is 21.2. The number of methoxy groups -OCH3 is 1. The standard InChI is InChI=1S/C23H23N5O2/c1-16-5-3-7-18(13-16)26-21(29)9-10-25-23-22(17-6-4-8-19(14-17)30-2)27-20-15-24-11-12-28(20)23/h3-8,11-15,25H,9-10H2,1-2H3,(H,26,29). The van der Waals surface area contributed by atoms with E-state index < -0.39 is 0 Å². The fraction of sp³-hybridized carbons (Fsp3) is 0.174. The van der Waals surface area contributed by atoms with Crippen molar-refractivity contribution >= 4 is 23.1 Å². The number of amides is 1. The topological polar surface area (TPSA) is 80.6 Å². The number of aryl methyl sites for hydroxylation is 1. The number of fused-ring (bicyclic) bond motifs is 1. The van der Waals surface area contributed by atoms with E-state index >= 15 is 0 Å². The van der Waals surface area contributed by atoms with Crippen LogP contribution < -0.4 is 15.4 Å². The van der Waals surface area contributed by atoms with Gasteiger partial charge >= 0.3 is 0 Å². The Bertz CT molecular complexity index is 1190. The normalized spacial score (nSPS) is 10.7. The zero-order valence-corrected chi connectivity index (χ0v) is 16.9. The molecule has 30 heavy (non-hydrogen) atoms. The van der Waals surface area contributed by atoms with Crippen molar-refractivity contribution in [3.8, 4) is 17.0 Å². The molecular weight excluding hydrogens is 378 g/mol. The van der Waals surface area contributed by atoms with Gasteiger partial charge in [0.05, 0.1) is 13.3 Å². The van der Waals surface area contributed by atoms with Crippen LogP contribution in [0.15, 0.2) is 67.1 Å². The number of nitrogens with zero attached hydrogens (tertiary/aromatic N) is 3. The van der Waals surface area contributed by atoms with Gasteiger partial charge in [-0.15, -0.1) is 0 Å². The quantitative estimate of drug-likeness (QED) is 0.486. The van der Waals surface area contributed by atoms with Gasteiger partial charge in [-0.05, 0) is 36.8 Å². The molecule has 152 valence electrons. The van der Waals surface area contributed by atoms with E-state index in [0.717, 1.165) is 39.7 Å². The van der Waals surface area contributed by atoms with E-state index in [9.17, 15) is 4.79 Å². The van der Waals surface area contributed by atoms with Gasteiger partial charge in [0.15, 0.2) is 5.65 Å². The van der Waals surface area contributed by atoms with Crippen LogP contribution in [0.2, 0.25) is 0 Å². The number of benzene rings is 2. The summed E-state index contributed by atoms with van der Waals surface area (Å²) >= 11 is 0. The van der Waals surface area contributed by atoms with Crippen molar-refractivity contribution in [3.63, 3.8) is 0 Å². The molecule has 0 saturated heterocycles. The molecule has 2 aromatic heterocycles. The molecule has 0 fully saturated rings. The smallest absolute Gasteiger partial charge is 0.226 e. The second-order valence-corrected chi connectivity index (χ2v) is 6.94. The molecular formula is C23H23N5O2. The van der Waals surface area contributed by atoms with Gasteiger partial charge in [-0.3, -0.25) is 14.2 Å². The highest BCUT2D eigenvalue weighted by Gasteiger charge is 2.15. The zero-order valence-electron chi connectivity index (χ0n) is 16.9. The van der Waals surface area contributed by atoms with Crippen molar-refractivity contribution in [1.82, 2.24) is 14.4 Å². The number of nitrogens with one attached hydrogen (secondary N) is 2. The van der Waals surface area contributed by atoms with Gasteiger partial charge in [-0.2, -0.15) is 0 Å². The van der Waals surface area contributed by atoms with Crippen LogP contribution in [0.3, 0.4) is 0 Å². The lowest BCUT2D eigenvalue weighted by atomic mass is 10.1. The first kappa shape index (κ1) is 19.4. The number of carbonyl (C=O) groups is 1. The maximum Gasteiger partial charge on any atom is 0.226 e. The van der Waals surface area contributed by atoms with Crippen molar-refractivity contribution in [1.29, 1.82) is 0 Å². The molecule has 0 atom stereocenters. The molecule has 0 aliphatic rings. The Hall–Kier alpha value is -3.87. The largest absolute Gasteiger partial charge is 0.497 e. The van der Waals surface area contributed by atoms with Gasteiger partial charge in [0.2, 0.25) is 5.91 Å². The van der Waals surface area contributed by atoms with Gasteiger partial charge in [0.25, 0.3) is 0 Å². The van der Waals surface area contributed by atoms with Gasteiger partial charge < -0.3 is 15.4 Å². The van der Waals surface area contributed by atoms with Crippen LogP contribution in [0.5, 0.6) is 5.75 Å². The predicted octanol–water partition coefficient (Wildman–Crippen LogP) is 4.15. The van der Waals surface area contributed by atoms with Crippen LogP contribution in [0, 0.1) is 6.92 Å². The summed E-state index contributed by atoms with van der Waals surface area (Å²) in [6.07, 6.45) is 5.59. The Labute approximate surface area is 174 Å². The molecule has 0 bridgehead atoms. The fourth-order valence-corrected chi connectivity index (χ4v) is 3.29. The first-order valence-corrected chi connectivity index (χ1v) is 9.71. The van der Waals surface area contributed by atoms with E-state index in [4.69, 9.17) is 9.72 Å². The number of hydrogen-bond acceptors (Lipinski definition) is 5. The van der Waals surface area contributed by atoms with E-state index in [-0.39, 0.29) is 5.91 Å². The molecule has 0 unspecified atom stereocenters. The Morgan fingerprint density at radius 3 is 2.87 bits per heavy atom. The molecule has 7 nitrogen and oxygen atoms in total. The third-order valence-electron chi connectivity index (χ3n) is 4.72. The van der Waals surface area contributed by atoms with E-state index in [1.54, 1.807) is 19.5 Å². The third kappa shape index (κ3) is 4.25.